The van der Waals surface area contributed by atoms with E-state index in [0.29, 0.717) is 19.3 Å². The lowest BCUT2D eigenvalue weighted by Crippen LogP contribution is -2.24. The second kappa shape index (κ2) is 27.6. The molecule has 0 radical (unpaired) electrons. The fraction of sp³-hybridized carbons (Fsp3) is 0.966. The highest BCUT2D eigenvalue weighted by atomic mass is 16.3. The van der Waals surface area contributed by atoms with Gasteiger partial charge < -0.3 is 15.5 Å². The molecule has 0 aliphatic rings. The summed E-state index contributed by atoms with van der Waals surface area (Å²) in [5, 5.41) is 20.9. The molecule has 1 atom stereocenters. The van der Waals surface area contributed by atoms with Crippen molar-refractivity contribution in [2.75, 3.05) is 13.2 Å². The Kier molecular flexibility index (Phi) is 27.1. The summed E-state index contributed by atoms with van der Waals surface area (Å²) >= 11 is 0. The van der Waals surface area contributed by atoms with Gasteiger partial charge in [0.15, 0.2) is 0 Å². The lowest BCUT2D eigenvalue weighted by Gasteiger charge is -2.07. The second-order valence-electron chi connectivity index (χ2n) is 10.1. The number of hydrogen-bond acceptors (Lipinski definition) is 3. The van der Waals surface area contributed by atoms with Crippen molar-refractivity contribution in [1.29, 1.82) is 0 Å². The molecule has 0 aliphatic carbocycles. The zero-order chi connectivity index (χ0) is 24.2. The second-order valence-corrected chi connectivity index (χ2v) is 10.1. The first kappa shape index (κ1) is 32.4. The van der Waals surface area contributed by atoms with E-state index in [1.807, 2.05) is 0 Å². The van der Waals surface area contributed by atoms with Gasteiger partial charge in [-0.3, -0.25) is 4.79 Å². The molecule has 3 N–H and O–H groups in total. The van der Waals surface area contributed by atoms with Crippen molar-refractivity contribution >= 4 is 5.91 Å². The summed E-state index contributed by atoms with van der Waals surface area (Å²) in [5.74, 6) is 0.0632. The van der Waals surface area contributed by atoms with E-state index in [0.717, 1.165) is 13.0 Å². The molecule has 198 valence electrons. The average molecular weight is 470 g/mol. The van der Waals surface area contributed by atoms with Gasteiger partial charge in [-0.1, -0.05) is 135 Å². The predicted molar refractivity (Wildman–Crippen MR) is 143 cm³/mol. The Bertz CT molecular complexity index is 389. The molecular formula is C29H59NO3. The molecule has 33 heavy (non-hydrogen) atoms. The van der Waals surface area contributed by atoms with Gasteiger partial charge in [-0.15, -0.1) is 0 Å². The van der Waals surface area contributed by atoms with Gasteiger partial charge in [0.25, 0.3) is 0 Å². The topological polar surface area (TPSA) is 69.6 Å². The minimum Gasteiger partial charge on any atom is -0.394 e. The third-order valence-corrected chi connectivity index (χ3v) is 6.75. The first-order valence-corrected chi connectivity index (χ1v) is 14.8. The van der Waals surface area contributed by atoms with Crippen LogP contribution < -0.4 is 5.32 Å². The van der Waals surface area contributed by atoms with Crippen LogP contribution >= 0.6 is 0 Å². The zero-order valence-electron chi connectivity index (χ0n) is 22.3. The van der Waals surface area contributed by atoms with E-state index in [4.69, 9.17) is 5.11 Å². The van der Waals surface area contributed by atoms with Crippen LogP contribution in [0.3, 0.4) is 0 Å². The Hall–Kier alpha value is -0.610. The molecule has 0 saturated heterocycles. The highest BCUT2D eigenvalue weighted by Crippen LogP contribution is 2.15. The molecule has 0 rings (SSSR count). The van der Waals surface area contributed by atoms with Crippen LogP contribution in [0.5, 0.6) is 0 Å². The highest BCUT2D eigenvalue weighted by molar-refractivity contribution is 5.75. The molecule has 0 bridgehead atoms. The van der Waals surface area contributed by atoms with E-state index in [1.54, 1.807) is 0 Å². The van der Waals surface area contributed by atoms with E-state index in [9.17, 15) is 9.90 Å². The molecular weight excluding hydrogens is 410 g/mol. The van der Waals surface area contributed by atoms with Gasteiger partial charge in [-0.05, 0) is 19.3 Å². The van der Waals surface area contributed by atoms with Crippen LogP contribution in [0.25, 0.3) is 0 Å². The Morgan fingerprint density at radius 1 is 0.606 bits per heavy atom. The summed E-state index contributed by atoms with van der Waals surface area (Å²) < 4.78 is 0. The molecule has 1 amide bonds. The number of nitrogens with one attached hydrogen (secondary N) is 1. The third-order valence-electron chi connectivity index (χ3n) is 6.75. The number of aliphatic hydroxyl groups is 2. The number of unbranched alkanes of at least 4 members (excludes halogenated alkanes) is 20. The minimum atomic E-state index is -0.688. The first-order chi connectivity index (χ1) is 16.2. The van der Waals surface area contributed by atoms with Crippen molar-refractivity contribution < 1.29 is 15.0 Å². The van der Waals surface area contributed by atoms with Gasteiger partial charge in [0, 0.05) is 13.0 Å². The number of carbonyl (C=O) groups excluding carboxylic acids is 1. The Morgan fingerprint density at radius 3 is 1.33 bits per heavy atom. The highest BCUT2D eigenvalue weighted by Gasteiger charge is 2.05. The van der Waals surface area contributed by atoms with E-state index in [2.05, 4.69) is 12.2 Å². The number of amides is 1. The molecule has 0 fully saturated rings. The van der Waals surface area contributed by atoms with Crippen LogP contribution in [0.2, 0.25) is 0 Å². The number of hydrogen-bond donors (Lipinski definition) is 3. The SMILES string of the molecule is CCCCCCCCCCCCCCCCCCCCCCCNC(=O)CCC[C@H](O)CO. The van der Waals surface area contributed by atoms with Crippen LogP contribution in [-0.2, 0) is 4.79 Å². The molecule has 0 aliphatic heterocycles. The van der Waals surface area contributed by atoms with Crippen molar-refractivity contribution in [2.45, 2.75) is 167 Å². The summed E-state index contributed by atoms with van der Waals surface area (Å²) in [6.45, 7) is 2.83. The molecule has 4 heteroatoms. The summed E-state index contributed by atoms with van der Waals surface area (Å²) in [4.78, 5) is 11.7. The molecule has 0 heterocycles. The number of aliphatic hydroxyl groups excluding tert-OH is 2. The predicted octanol–water partition coefficient (Wildman–Crippen LogP) is 7.84. The van der Waals surface area contributed by atoms with E-state index < -0.39 is 6.10 Å². The van der Waals surface area contributed by atoms with Crippen molar-refractivity contribution in [2.24, 2.45) is 0 Å². The quantitative estimate of drug-likeness (QED) is 0.107. The monoisotopic (exact) mass is 469 g/mol. The van der Waals surface area contributed by atoms with Gasteiger partial charge in [-0.2, -0.15) is 0 Å². The summed E-state index contributed by atoms with van der Waals surface area (Å²) in [6, 6.07) is 0. The Morgan fingerprint density at radius 2 is 0.970 bits per heavy atom. The Labute approximate surface area is 206 Å². The third kappa shape index (κ3) is 27.5. The molecule has 0 aromatic carbocycles. The van der Waals surface area contributed by atoms with Gasteiger partial charge in [-0.25, -0.2) is 0 Å². The van der Waals surface area contributed by atoms with E-state index in [-0.39, 0.29) is 12.5 Å². The van der Waals surface area contributed by atoms with Gasteiger partial charge >= 0.3 is 0 Å². The van der Waals surface area contributed by atoms with Crippen molar-refractivity contribution in [1.82, 2.24) is 5.32 Å². The van der Waals surface area contributed by atoms with Gasteiger partial charge in [0.1, 0.15) is 0 Å². The van der Waals surface area contributed by atoms with E-state index in [1.165, 1.54) is 128 Å². The Balaban J connectivity index is 3.11. The fourth-order valence-corrected chi connectivity index (χ4v) is 4.46. The molecule has 0 aromatic heterocycles. The maximum atomic E-state index is 11.7. The molecule has 4 nitrogen and oxygen atoms in total. The number of carbonyl (C=O) groups is 1. The van der Waals surface area contributed by atoms with Crippen molar-refractivity contribution in [3.8, 4) is 0 Å². The molecule has 0 aromatic rings. The van der Waals surface area contributed by atoms with Crippen molar-refractivity contribution in [3.05, 3.63) is 0 Å². The van der Waals surface area contributed by atoms with Gasteiger partial charge in [0.05, 0.1) is 12.7 Å². The lowest BCUT2D eigenvalue weighted by molar-refractivity contribution is -0.121. The maximum absolute atomic E-state index is 11.7. The minimum absolute atomic E-state index is 0.0632. The molecule has 0 unspecified atom stereocenters. The summed E-state index contributed by atoms with van der Waals surface area (Å²) in [7, 11) is 0. The van der Waals surface area contributed by atoms with Crippen LogP contribution in [0.4, 0.5) is 0 Å². The molecule has 0 spiro atoms. The maximum Gasteiger partial charge on any atom is 0.219 e. The fourth-order valence-electron chi connectivity index (χ4n) is 4.46. The lowest BCUT2D eigenvalue weighted by atomic mass is 10.0. The normalized spacial score (nSPS) is 12.2. The summed E-state index contributed by atoms with van der Waals surface area (Å²) in [5.41, 5.74) is 0. The van der Waals surface area contributed by atoms with Gasteiger partial charge in [0.2, 0.25) is 5.91 Å². The van der Waals surface area contributed by atoms with Crippen LogP contribution in [0.15, 0.2) is 0 Å². The number of rotatable bonds is 27. The van der Waals surface area contributed by atoms with Crippen LogP contribution in [0.1, 0.15) is 161 Å². The van der Waals surface area contributed by atoms with Crippen LogP contribution in [0, 0.1) is 0 Å². The molecule has 0 saturated carbocycles. The van der Waals surface area contributed by atoms with Crippen molar-refractivity contribution in [3.63, 3.8) is 0 Å². The smallest absolute Gasteiger partial charge is 0.219 e. The van der Waals surface area contributed by atoms with E-state index >= 15 is 0 Å². The average Bonchev–Trinajstić information content (AvgIpc) is 2.82. The zero-order valence-corrected chi connectivity index (χ0v) is 22.3. The largest absolute Gasteiger partial charge is 0.394 e. The summed E-state index contributed by atoms with van der Waals surface area (Å²) in [6.07, 6.45) is 30.0. The first-order valence-electron chi connectivity index (χ1n) is 14.8. The van der Waals surface area contributed by atoms with Crippen LogP contribution in [-0.4, -0.2) is 35.4 Å². The standard InChI is InChI=1S/C29H59NO3/c1-2-3-4-5-6-7-8-9-10-11-12-13-14-15-16-17-18-19-20-21-22-26-30-29(33)25-23-24-28(32)27-31/h28,31-32H,2-27H2,1H3,(H,30,33)/t28-/m0/s1.